The van der Waals surface area contributed by atoms with Crippen LogP contribution in [0.4, 0.5) is 4.79 Å². The van der Waals surface area contributed by atoms with Crippen LogP contribution in [0.25, 0.3) is 0 Å². The van der Waals surface area contributed by atoms with Crippen molar-refractivity contribution in [2.75, 3.05) is 13.7 Å². The largest absolute Gasteiger partial charge is 0.468 e. The number of hydrogen-bond acceptors (Lipinski definition) is 4. The molecule has 156 valence electrons. The van der Waals surface area contributed by atoms with Crippen molar-refractivity contribution in [3.63, 3.8) is 0 Å². The van der Waals surface area contributed by atoms with Gasteiger partial charge in [-0.3, -0.25) is 9.69 Å². The first kappa shape index (κ1) is 24.0. The second kappa shape index (κ2) is 9.41. The first-order valence-electron chi connectivity index (χ1n) is 9.62. The number of hydrogen-bond donors (Lipinski definition) is 0. The molecule has 1 atom stereocenters. The van der Waals surface area contributed by atoms with Gasteiger partial charge >= 0.3 is 12.1 Å². The maximum absolute atomic E-state index is 13.0. The molecule has 0 radical (unpaired) electrons. The Morgan fingerprint density at radius 2 is 1.68 bits per heavy atom. The predicted molar refractivity (Wildman–Crippen MR) is 116 cm³/mol. The number of nitrogens with zero attached hydrogens (tertiary/aromatic N) is 1. The highest BCUT2D eigenvalue weighted by Gasteiger charge is 2.40. The third kappa shape index (κ3) is 6.23. The second-order valence-corrected chi connectivity index (χ2v) is 13.4. The van der Waals surface area contributed by atoms with Gasteiger partial charge in [0.05, 0.1) is 13.2 Å². The Kier molecular flexibility index (Phi) is 8.05. The van der Waals surface area contributed by atoms with Crippen LogP contribution in [0.2, 0.25) is 13.1 Å². The molecule has 0 heterocycles. The maximum Gasteiger partial charge on any atom is 0.411 e. The maximum atomic E-state index is 13.0. The number of amides is 1. The molecule has 1 amide bonds. The topological polar surface area (TPSA) is 55.8 Å². The molecular formula is C22H35NO4Si. The van der Waals surface area contributed by atoms with Crippen LogP contribution >= 0.6 is 0 Å². The van der Waals surface area contributed by atoms with Crippen LogP contribution in [0, 0.1) is 5.92 Å². The molecule has 0 saturated carbocycles. The van der Waals surface area contributed by atoms with Gasteiger partial charge in [-0.2, -0.15) is 0 Å². The Morgan fingerprint density at radius 3 is 2.11 bits per heavy atom. The van der Waals surface area contributed by atoms with Gasteiger partial charge in [-0.1, -0.05) is 67.7 Å². The Morgan fingerprint density at radius 1 is 1.14 bits per heavy atom. The average Bonchev–Trinajstić information content (AvgIpc) is 2.59. The van der Waals surface area contributed by atoms with Crippen molar-refractivity contribution < 1.29 is 19.1 Å². The van der Waals surface area contributed by atoms with Gasteiger partial charge in [0.2, 0.25) is 0 Å². The third-order valence-electron chi connectivity index (χ3n) is 4.78. The molecule has 0 aliphatic carbocycles. The van der Waals surface area contributed by atoms with Gasteiger partial charge in [-0.05, 0) is 26.7 Å². The number of esters is 1. The van der Waals surface area contributed by atoms with Crippen molar-refractivity contribution in [1.29, 1.82) is 0 Å². The number of rotatable bonds is 7. The van der Waals surface area contributed by atoms with Gasteiger partial charge in [0.25, 0.3) is 0 Å². The Balaban J connectivity index is 3.35. The zero-order valence-corrected chi connectivity index (χ0v) is 19.5. The van der Waals surface area contributed by atoms with Gasteiger partial charge < -0.3 is 9.47 Å². The highest BCUT2D eigenvalue weighted by molar-refractivity contribution is 6.95. The van der Waals surface area contributed by atoms with Crippen LogP contribution in [-0.4, -0.2) is 50.3 Å². The van der Waals surface area contributed by atoms with Crippen molar-refractivity contribution in [2.45, 2.75) is 59.4 Å². The van der Waals surface area contributed by atoms with E-state index in [-0.39, 0.29) is 18.5 Å². The van der Waals surface area contributed by atoms with Crippen LogP contribution in [-0.2, 0) is 14.3 Å². The molecule has 0 aliphatic heterocycles. The number of methoxy groups -OCH3 is 1. The van der Waals surface area contributed by atoms with Crippen molar-refractivity contribution in [3.05, 3.63) is 42.1 Å². The van der Waals surface area contributed by atoms with E-state index in [0.29, 0.717) is 0 Å². The fraction of sp³-hybridized carbons (Fsp3) is 0.545. The van der Waals surface area contributed by atoms with Crippen molar-refractivity contribution >= 4 is 25.3 Å². The van der Waals surface area contributed by atoms with Crippen molar-refractivity contribution in [1.82, 2.24) is 4.90 Å². The van der Waals surface area contributed by atoms with E-state index in [4.69, 9.17) is 9.47 Å². The summed E-state index contributed by atoms with van der Waals surface area (Å²) in [6.45, 7) is 18.2. The summed E-state index contributed by atoms with van der Waals surface area (Å²) in [6, 6.07) is 9.89. The van der Waals surface area contributed by atoms with E-state index in [1.165, 1.54) is 17.2 Å². The minimum atomic E-state index is -2.13. The van der Waals surface area contributed by atoms with E-state index in [1.807, 2.05) is 52.8 Å². The lowest BCUT2D eigenvalue weighted by Crippen LogP contribution is -2.56. The Labute approximate surface area is 170 Å². The Bertz CT molecular complexity index is 692. The lowest BCUT2D eigenvalue weighted by Gasteiger charge is -2.40. The van der Waals surface area contributed by atoms with Gasteiger partial charge in [0, 0.05) is 0 Å². The standard InChI is InChI=1S/C22H35NO4Si/c1-16(2)20(17(3)28(8,9)18-13-11-10-12-14-18)23(15-19(24)26-7)21(25)27-22(4,5)6/h10-14,16,20H,3,15H2,1-2,4-9H3/t20-/m1/s1. The summed E-state index contributed by atoms with van der Waals surface area (Å²) in [5.74, 6) is -0.427. The Hall–Kier alpha value is -2.08. The summed E-state index contributed by atoms with van der Waals surface area (Å²) in [5, 5.41) is 2.20. The number of carbonyl (C=O) groups is 2. The summed E-state index contributed by atoms with van der Waals surface area (Å²) in [6.07, 6.45) is -0.532. The van der Waals surface area contributed by atoms with Crippen LogP contribution < -0.4 is 5.19 Å². The fourth-order valence-corrected chi connectivity index (χ4v) is 5.79. The summed E-state index contributed by atoms with van der Waals surface area (Å²) >= 11 is 0. The third-order valence-corrected chi connectivity index (χ3v) is 8.46. The molecule has 1 aromatic rings. The van der Waals surface area contributed by atoms with Gasteiger partial charge in [0.15, 0.2) is 0 Å². The first-order valence-corrected chi connectivity index (χ1v) is 12.6. The highest BCUT2D eigenvalue weighted by Crippen LogP contribution is 2.28. The molecule has 1 rings (SSSR count). The highest BCUT2D eigenvalue weighted by atomic mass is 28.3. The second-order valence-electron chi connectivity index (χ2n) is 8.89. The van der Waals surface area contributed by atoms with Gasteiger partial charge in [0.1, 0.15) is 20.2 Å². The van der Waals surface area contributed by atoms with E-state index >= 15 is 0 Å². The molecule has 0 bridgehead atoms. The number of carbonyl (C=O) groups excluding carboxylic acids is 2. The molecule has 0 aromatic heterocycles. The molecule has 0 spiro atoms. The summed E-state index contributed by atoms with van der Waals surface area (Å²) in [7, 11) is -0.816. The molecule has 6 heteroatoms. The van der Waals surface area contributed by atoms with E-state index in [9.17, 15) is 9.59 Å². The van der Waals surface area contributed by atoms with Crippen molar-refractivity contribution in [3.8, 4) is 0 Å². The monoisotopic (exact) mass is 405 g/mol. The SMILES string of the molecule is C=C([C@@H](C(C)C)N(CC(=O)OC)C(=O)OC(C)(C)C)[Si](C)(C)c1ccccc1. The predicted octanol–water partition coefficient (Wildman–Crippen LogP) is 4.13. The zero-order valence-electron chi connectivity index (χ0n) is 18.5. The number of benzene rings is 1. The molecule has 5 nitrogen and oxygen atoms in total. The lowest BCUT2D eigenvalue weighted by molar-refractivity contribution is -0.142. The molecule has 0 unspecified atom stereocenters. The van der Waals surface area contributed by atoms with E-state index in [1.54, 1.807) is 0 Å². The molecule has 28 heavy (non-hydrogen) atoms. The molecule has 0 fully saturated rings. The minimum absolute atomic E-state index is 0.0557. The number of ether oxygens (including phenoxy) is 2. The van der Waals surface area contributed by atoms with Crippen LogP contribution in [0.15, 0.2) is 42.1 Å². The fourth-order valence-electron chi connectivity index (χ4n) is 3.16. The van der Waals surface area contributed by atoms with Gasteiger partial charge in [-0.25, -0.2) is 4.79 Å². The van der Waals surface area contributed by atoms with Crippen LogP contribution in [0.1, 0.15) is 34.6 Å². The van der Waals surface area contributed by atoms with Crippen molar-refractivity contribution in [2.24, 2.45) is 5.92 Å². The molecular weight excluding hydrogens is 370 g/mol. The zero-order chi connectivity index (χ0) is 21.7. The molecule has 0 saturated heterocycles. The normalized spacial score (nSPS) is 13.0. The van der Waals surface area contributed by atoms with Gasteiger partial charge in [-0.15, -0.1) is 6.58 Å². The summed E-state index contributed by atoms with van der Waals surface area (Å²) in [4.78, 5) is 26.5. The minimum Gasteiger partial charge on any atom is -0.468 e. The van der Waals surface area contributed by atoms with E-state index < -0.39 is 25.7 Å². The molecule has 0 N–H and O–H groups in total. The summed E-state index contributed by atoms with van der Waals surface area (Å²) in [5.41, 5.74) is -0.666. The molecule has 1 aromatic carbocycles. The van der Waals surface area contributed by atoms with Crippen LogP contribution in [0.5, 0.6) is 0 Å². The quantitative estimate of drug-likeness (QED) is 0.505. The smallest absolute Gasteiger partial charge is 0.411 e. The van der Waals surface area contributed by atoms with E-state index in [2.05, 4.69) is 31.8 Å². The average molecular weight is 406 g/mol. The lowest BCUT2D eigenvalue weighted by atomic mass is 10.0. The molecule has 0 aliphatic rings. The first-order chi connectivity index (χ1) is 12.8. The summed E-state index contributed by atoms with van der Waals surface area (Å²) < 4.78 is 10.4. The van der Waals surface area contributed by atoms with E-state index in [0.717, 1.165) is 5.20 Å². The van der Waals surface area contributed by atoms with Crippen LogP contribution in [0.3, 0.4) is 0 Å².